The van der Waals surface area contributed by atoms with Crippen LogP contribution >= 0.6 is 0 Å². The molecule has 140 valence electrons. The Kier molecular flexibility index (Phi) is 11.1. The molecule has 0 aromatic heterocycles. The van der Waals surface area contributed by atoms with Crippen molar-refractivity contribution < 1.29 is 9.84 Å². The number of benzene rings is 2. The van der Waals surface area contributed by atoms with Crippen molar-refractivity contribution in [3.05, 3.63) is 71.8 Å². The number of hydrogen-bond acceptors (Lipinski definition) is 2. The van der Waals surface area contributed by atoms with Crippen molar-refractivity contribution in [1.82, 2.24) is 0 Å². The van der Waals surface area contributed by atoms with Crippen molar-refractivity contribution in [3.63, 3.8) is 0 Å². The molecule has 2 heteroatoms. The standard InChI is InChI=1S/C20H26.C2H6O.CH4O/c1-5-20(4,18-14-10-7-11-15-18)16-19(2,3)17-12-8-6-9-13-17;1-3-2;1-2/h6-15H,5,16H2,1-4H3;1-2H3;2H,1H3. The molecule has 0 aliphatic heterocycles. The lowest BCUT2D eigenvalue weighted by Gasteiger charge is -2.38. The molecule has 0 spiro atoms. The van der Waals surface area contributed by atoms with Gasteiger partial charge in [-0.25, -0.2) is 0 Å². The fourth-order valence-electron chi connectivity index (χ4n) is 3.24. The average Bonchev–Trinajstić information content (AvgIpc) is 2.65. The summed E-state index contributed by atoms with van der Waals surface area (Å²) in [5.74, 6) is 0. The average molecular weight is 345 g/mol. The molecule has 0 saturated heterocycles. The number of hydrogen-bond donors (Lipinski definition) is 1. The predicted molar refractivity (Wildman–Crippen MR) is 109 cm³/mol. The Morgan fingerprint density at radius 3 is 1.48 bits per heavy atom. The minimum Gasteiger partial charge on any atom is -0.400 e. The van der Waals surface area contributed by atoms with E-state index < -0.39 is 0 Å². The second kappa shape index (κ2) is 11.8. The lowest BCUT2D eigenvalue weighted by atomic mass is 9.66. The molecule has 1 unspecified atom stereocenters. The molecule has 0 saturated carbocycles. The first-order valence-electron chi connectivity index (χ1n) is 8.85. The summed E-state index contributed by atoms with van der Waals surface area (Å²) in [6.07, 6.45) is 2.32. The van der Waals surface area contributed by atoms with Crippen molar-refractivity contribution in [3.8, 4) is 0 Å². The van der Waals surface area contributed by atoms with Crippen LogP contribution in [-0.2, 0) is 15.6 Å². The van der Waals surface area contributed by atoms with Crippen LogP contribution in [0.15, 0.2) is 60.7 Å². The molecular formula is C23H36O2. The van der Waals surface area contributed by atoms with E-state index in [1.165, 1.54) is 11.1 Å². The van der Waals surface area contributed by atoms with Crippen LogP contribution in [0.25, 0.3) is 0 Å². The van der Waals surface area contributed by atoms with Gasteiger partial charge in [-0.05, 0) is 34.8 Å². The highest BCUT2D eigenvalue weighted by Crippen LogP contribution is 2.40. The molecule has 1 N–H and O–H groups in total. The maximum Gasteiger partial charge on any atom is 0.0351 e. The lowest BCUT2D eigenvalue weighted by Crippen LogP contribution is -2.31. The second-order valence-electron chi connectivity index (χ2n) is 7.12. The fraction of sp³-hybridized carbons (Fsp3) is 0.478. The summed E-state index contributed by atoms with van der Waals surface area (Å²) >= 11 is 0. The Morgan fingerprint density at radius 1 is 0.760 bits per heavy atom. The maximum absolute atomic E-state index is 7.00. The Morgan fingerprint density at radius 2 is 1.12 bits per heavy atom. The van der Waals surface area contributed by atoms with E-state index in [1.54, 1.807) is 14.2 Å². The molecule has 0 aliphatic carbocycles. The monoisotopic (exact) mass is 344 g/mol. The minimum atomic E-state index is 0.182. The molecule has 0 fully saturated rings. The first-order valence-corrected chi connectivity index (χ1v) is 8.85. The van der Waals surface area contributed by atoms with E-state index in [0.717, 1.165) is 20.0 Å². The summed E-state index contributed by atoms with van der Waals surface area (Å²) < 4.78 is 4.25. The zero-order valence-corrected chi connectivity index (χ0v) is 17.0. The molecule has 2 aromatic carbocycles. The Labute approximate surface area is 154 Å². The highest BCUT2D eigenvalue weighted by molar-refractivity contribution is 5.29. The SMILES string of the molecule is CCC(C)(CC(C)(C)c1ccccc1)c1ccccc1.CO.COC. The summed E-state index contributed by atoms with van der Waals surface area (Å²) in [6, 6.07) is 21.8. The first-order chi connectivity index (χ1) is 11.9. The van der Waals surface area contributed by atoms with Gasteiger partial charge in [0, 0.05) is 21.3 Å². The quantitative estimate of drug-likeness (QED) is 0.766. The summed E-state index contributed by atoms with van der Waals surface area (Å²) in [7, 11) is 4.25. The van der Waals surface area contributed by atoms with Gasteiger partial charge in [0.1, 0.15) is 0 Å². The van der Waals surface area contributed by atoms with E-state index in [1.807, 2.05) is 0 Å². The van der Waals surface area contributed by atoms with Gasteiger partial charge >= 0.3 is 0 Å². The molecule has 0 radical (unpaired) electrons. The normalized spacial score (nSPS) is 12.8. The summed E-state index contributed by atoms with van der Waals surface area (Å²) in [4.78, 5) is 0. The van der Waals surface area contributed by atoms with E-state index in [-0.39, 0.29) is 10.8 Å². The van der Waals surface area contributed by atoms with E-state index in [4.69, 9.17) is 5.11 Å². The van der Waals surface area contributed by atoms with E-state index in [0.29, 0.717) is 0 Å². The second-order valence-corrected chi connectivity index (χ2v) is 7.12. The summed E-state index contributed by atoms with van der Waals surface area (Å²) in [5, 5.41) is 7.00. The zero-order chi connectivity index (χ0) is 19.3. The molecule has 25 heavy (non-hydrogen) atoms. The largest absolute Gasteiger partial charge is 0.400 e. The van der Waals surface area contributed by atoms with E-state index in [9.17, 15) is 0 Å². The Bertz CT molecular complexity index is 549. The van der Waals surface area contributed by atoms with Crippen LogP contribution in [0.5, 0.6) is 0 Å². The Hall–Kier alpha value is -1.64. The van der Waals surface area contributed by atoms with Crippen LogP contribution in [0.1, 0.15) is 51.7 Å². The summed E-state index contributed by atoms with van der Waals surface area (Å²) in [6.45, 7) is 9.42. The smallest absolute Gasteiger partial charge is 0.0351 e. The van der Waals surface area contributed by atoms with Gasteiger partial charge in [-0.1, -0.05) is 88.4 Å². The molecule has 0 bridgehead atoms. The molecule has 2 nitrogen and oxygen atoms in total. The predicted octanol–water partition coefficient (Wildman–Crippen LogP) is 5.59. The van der Waals surface area contributed by atoms with Crippen molar-refractivity contribution in [2.24, 2.45) is 0 Å². The van der Waals surface area contributed by atoms with Crippen LogP contribution < -0.4 is 0 Å². The van der Waals surface area contributed by atoms with Gasteiger partial charge < -0.3 is 9.84 Å². The zero-order valence-electron chi connectivity index (χ0n) is 17.0. The number of aliphatic hydroxyl groups excluding tert-OH is 1. The van der Waals surface area contributed by atoms with Gasteiger partial charge in [-0.3, -0.25) is 0 Å². The number of methoxy groups -OCH3 is 1. The van der Waals surface area contributed by atoms with Gasteiger partial charge in [0.05, 0.1) is 0 Å². The van der Waals surface area contributed by atoms with Crippen molar-refractivity contribution in [2.75, 3.05) is 21.3 Å². The van der Waals surface area contributed by atoms with Crippen LogP contribution in [0.4, 0.5) is 0 Å². The minimum absolute atomic E-state index is 0.182. The van der Waals surface area contributed by atoms with Crippen LogP contribution in [0.3, 0.4) is 0 Å². The molecule has 2 aromatic rings. The third kappa shape index (κ3) is 7.41. The van der Waals surface area contributed by atoms with Gasteiger partial charge in [0.15, 0.2) is 0 Å². The van der Waals surface area contributed by atoms with Crippen molar-refractivity contribution in [2.45, 2.75) is 51.4 Å². The molecule has 0 amide bonds. The topological polar surface area (TPSA) is 29.5 Å². The molecular weight excluding hydrogens is 308 g/mol. The number of aliphatic hydroxyl groups is 1. The van der Waals surface area contributed by atoms with Crippen LogP contribution in [-0.4, -0.2) is 26.4 Å². The van der Waals surface area contributed by atoms with Gasteiger partial charge in [-0.2, -0.15) is 0 Å². The highest BCUT2D eigenvalue weighted by atomic mass is 16.4. The van der Waals surface area contributed by atoms with Gasteiger partial charge in [0.25, 0.3) is 0 Å². The Balaban J connectivity index is 0.00000104. The maximum atomic E-state index is 7.00. The third-order valence-corrected chi connectivity index (χ3v) is 4.64. The van der Waals surface area contributed by atoms with Gasteiger partial charge in [0.2, 0.25) is 0 Å². The fourth-order valence-corrected chi connectivity index (χ4v) is 3.24. The van der Waals surface area contributed by atoms with Crippen LogP contribution in [0, 0.1) is 0 Å². The van der Waals surface area contributed by atoms with E-state index >= 15 is 0 Å². The molecule has 1 atom stereocenters. The van der Waals surface area contributed by atoms with Crippen LogP contribution in [0.2, 0.25) is 0 Å². The molecule has 0 heterocycles. The highest BCUT2D eigenvalue weighted by Gasteiger charge is 2.33. The summed E-state index contributed by atoms with van der Waals surface area (Å²) in [5.41, 5.74) is 3.28. The lowest BCUT2D eigenvalue weighted by molar-refractivity contribution is 0.277. The van der Waals surface area contributed by atoms with E-state index in [2.05, 4.69) is 93.1 Å². The number of rotatable bonds is 5. The third-order valence-electron chi connectivity index (χ3n) is 4.64. The van der Waals surface area contributed by atoms with Gasteiger partial charge in [-0.15, -0.1) is 0 Å². The first kappa shape index (κ1) is 23.4. The van der Waals surface area contributed by atoms with Crippen molar-refractivity contribution >= 4 is 0 Å². The molecule has 0 aliphatic rings. The van der Waals surface area contributed by atoms with Crippen molar-refractivity contribution in [1.29, 1.82) is 0 Å². The molecule has 2 rings (SSSR count). The number of ether oxygens (including phenoxy) is 1.